The third kappa shape index (κ3) is 9.51. The Hall–Kier alpha value is -3.47. The highest BCUT2D eigenvalue weighted by atomic mass is 79.9. The van der Waals surface area contributed by atoms with E-state index in [1.807, 2.05) is 82.3 Å². The second-order valence-electron chi connectivity index (χ2n) is 11.9. The largest absolute Gasteiger partial charge is 0.350 e. The number of nitrogens with one attached hydrogen (secondary N) is 1. The van der Waals surface area contributed by atoms with E-state index in [1.165, 1.54) is 17.0 Å². The van der Waals surface area contributed by atoms with Crippen molar-refractivity contribution in [2.75, 3.05) is 10.8 Å². The van der Waals surface area contributed by atoms with Crippen LogP contribution in [0.1, 0.15) is 37.5 Å². The summed E-state index contributed by atoms with van der Waals surface area (Å²) < 4.78 is 30.9. The van der Waals surface area contributed by atoms with Crippen LogP contribution in [0.15, 0.2) is 117 Å². The molecule has 0 radical (unpaired) electrons. The van der Waals surface area contributed by atoms with Crippen molar-refractivity contribution >= 4 is 59.4 Å². The quantitative estimate of drug-likeness (QED) is 0.175. The number of halogens is 2. The minimum Gasteiger partial charge on any atom is -0.350 e. The Labute approximate surface area is 283 Å². The molecule has 4 aromatic carbocycles. The normalized spacial score (nSPS) is 12.3. The van der Waals surface area contributed by atoms with Crippen LogP contribution in [0.5, 0.6) is 0 Å². The molecule has 0 saturated carbocycles. The van der Waals surface area contributed by atoms with Crippen LogP contribution in [0, 0.1) is 6.92 Å². The summed E-state index contributed by atoms with van der Waals surface area (Å²) in [5, 5.41) is 3.05. The summed E-state index contributed by atoms with van der Waals surface area (Å²) in [4.78, 5) is 30.1. The maximum Gasteiger partial charge on any atom is 0.264 e. The van der Waals surface area contributed by atoms with E-state index in [0.717, 1.165) is 25.5 Å². The summed E-state index contributed by atoms with van der Waals surface area (Å²) in [6.45, 7) is 7.09. The van der Waals surface area contributed by atoms with E-state index >= 15 is 0 Å². The summed E-state index contributed by atoms with van der Waals surface area (Å²) in [5.74, 6) is -0.847. The molecule has 45 heavy (non-hydrogen) atoms. The number of hydrogen-bond donors (Lipinski definition) is 1. The molecule has 0 bridgehead atoms. The van der Waals surface area contributed by atoms with E-state index in [9.17, 15) is 18.0 Å². The lowest BCUT2D eigenvalue weighted by molar-refractivity contribution is -0.140. The van der Waals surface area contributed by atoms with Crippen LogP contribution >= 0.6 is 31.9 Å². The first-order valence-electron chi connectivity index (χ1n) is 14.5. The lowest BCUT2D eigenvalue weighted by atomic mass is 10.0. The van der Waals surface area contributed by atoms with Gasteiger partial charge in [-0.1, -0.05) is 98.1 Å². The predicted molar refractivity (Wildman–Crippen MR) is 186 cm³/mol. The molecule has 0 aliphatic rings. The van der Waals surface area contributed by atoms with Crippen LogP contribution in [0.2, 0.25) is 0 Å². The molecule has 236 valence electrons. The summed E-state index contributed by atoms with van der Waals surface area (Å²) in [6, 6.07) is 29.4. The molecule has 4 aromatic rings. The van der Waals surface area contributed by atoms with Gasteiger partial charge in [0.05, 0.1) is 10.6 Å². The minimum atomic E-state index is -4.17. The smallest absolute Gasteiger partial charge is 0.264 e. The number of aryl methyl sites for hydroxylation is 1. The van der Waals surface area contributed by atoms with Crippen LogP contribution in [0.25, 0.3) is 0 Å². The van der Waals surface area contributed by atoms with E-state index in [4.69, 9.17) is 0 Å². The van der Waals surface area contributed by atoms with E-state index in [-0.39, 0.29) is 23.8 Å². The maximum absolute atomic E-state index is 14.6. The van der Waals surface area contributed by atoms with Crippen LogP contribution in [0.3, 0.4) is 0 Å². The molecule has 0 heterocycles. The zero-order chi connectivity index (χ0) is 32.8. The standard InChI is InChI=1S/C35H37Br2N3O4S/c1-25-16-18-31(19-17-25)45(43,44)40(30-15-9-14-29(37)22-30)24-33(41)39(23-27-12-8-13-28(36)20-27)32(34(42)38-35(2,3)4)21-26-10-6-5-7-11-26/h5-20,22,32H,21,23-24H2,1-4H3,(H,38,42)/t32-/m1/s1. The van der Waals surface area contributed by atoms with Gasteiger partial charge in [0, 0.05) is 27.4 Å². The third-order valence-corrected chi connectivity index (χ3v) is 9.77. The first-order chi connectivity index (χ1) is 21.2. The zero-order valence-corrected chi connectivity index (χ0v) is 29.7. The molecule has 1 atom stereocenters. The number of sulfonamides is 1. The fourth-order valence-electron chi connectivity index (χ4n) is 4.84. The molecule has 0 unspecified atom stereocenters. The highest BCUT2D eigenvalue weighted by molar-refractivity contribution is 9.10. The van der Waals surface area contributed by atoms with Crippen molar-refractivity contribution in [1.82, 2.24) is 10.2 Å². The summed E-state index contributed by atoms with van der Waals surface area (Å²) in [6.07, 6.45) is 0.240. The van der Waals surface area contributed by atoms with Gasteiger partial charge in [0.2, 0.25) is 11.8 Å². The van der Waals surface area contributed by atoms with Gasteiger partial charge in [-0.25, -0.2) is 8.42 Å². The second kappa shape index (κ2) is 14.7. The van der Waals surface area contributed by atoms with Crippen molar-refractivity contribution in [2.45, 2.75) is 57.1 Å². The van der Waals surface area contributed by atoms with E-state index in [2.05, 4.69) is 37.2 Å². The number of amides is 2. The number of carbonyl (C=O) groups is 2. The molecule has 2 amide bonds. The Kier molecular flexibility index (Phi) is 11.3. The number of carbonyl (C=O) groups excluding carboxylic acids is 2. The number of anilines is 1. The van der Waals surface area contributed by atoms with Gasteiger partial charge in [0.15, 0.2) is 0 Å². The Morgan fingerprint density at radius 1 is 0.800 bits per heavy atom. The SMILES string of the molecule is Cc1ccc(S(=O)(=O)N(CC(=O)N(Cc2cccc(Br)c2)[C@H](Cc2ccccc2)C(=O)NC(C)(C)C)c2cccc(Br)c2)cc1. The van der Waals surface area contributed by atoms with Crippen LogP contribution in [-0.2, 0) is 32.6 Å². The first kappa shape index (κ1) is 34.4. The molecule has 0 spiro atoms. The average molecular weight is 756 g/mol. The Balaban J connectivity index is 1.82. The molecular formula is C35H37Br2N3O4S. The first-order valence-corrected chi connectivity index (χ1v) is 17.5. The van der Waals surface area contributed by atoms with E-state index < -0.39 is 34.1 Å². The fourth-order valence-corrected chi connectivity index (χ4v) is 7.08. The van der Waals surface area contributed by atoms with Crippen molar-refractivity contribution < 1.29 is 18.0 Å². The van der Waals surface area contributed by atoms with Crippen molar-refractivity contribution in [2.24, 2.45) is 0 Å². The zero-order valence-electron chi connectivity index (χ0n) is 25.7. The number of benzene rings is 4. The Morgan fingerprint density at radius 2 is 1.40 bits per heavy atom. The van der Waals surface area contributed by atoms with Gasteiger partial charge in [-0.05, 0) is 81.3 Å². The topological polar surface area (TPSA) is 86.8 Å². The monoisotopic (exact) mass is 753 g/mol. The van der Waals surface area contributed by atoms with Gasteiger partial charge in [-0.2, -0.15) is 0 Å². The maximum atomic E-state index is 14.6. The molecule has 7 nitrogen and oxygen atoms in total. The van der Waals surface area contributed by atoms with Gasteiger partial charge in [-0.3, -0.25) is 13.9 Å². The van der Waals surface area contributed by atoms with E-state index in [1.54, 1.807) is 36.4 Å². The number of rotatable bonds is 11. The van der Waals surface area contributed by atoms with Crippen LogP contribution in [-0.4, -0.2) is 43.3 Å². The third-order valence-electron chi connectivity index (χ3n) is 7.00. The van der Waals surface area contributed by atoms with Crippen LogP contribution in [0.4, 0.5) is 5.69 Å². The van der Waals surface area contributed by atoms with Crippen molar-refractivity contribution in [3.8, 4) is 0 Å². The lowest BCUT2D eigenvalue weighted by Crippen LogP contribution is -2.56. The van der Waals surface area contributed by atoms with Crippen molar-refractivity contribution in [3.63, 3.8) is 0 Å². The van der Waals surface area contributed by atoms with Gasteiger partial charge in [0.1, 0.15) is 12.6 Å². The number of hydrogen-bond acceptors (Lipinski definition) is 4. The highest BCUT2D eigenvalue weighted by Gasteiger charge is 2.35. The lowest BCUT2D eigenvalue weighted by Gasteiger charge is -2.35. The summed E-state index contributed by atoms with van der Waals surface area (Å²) in [7, 11) is -4.17. The Morgan fingerprint density at radius 3 is 2.00 bits per heavy atom. The van der Waals surface area contributed by atoms with Crippen LogP contribution < -0.4 is 9.62 Å². The van der Waals surface area contributed by atoms with Gasteiger partial charge in [0.25, 0.3) is 10.0 Å². The molecule has 4 rings (SSSR count). The molecule has 0 fully saturated rings. The molecule has 0 aromatic heterocycles. The van der Waals surface area contributed by atoms with Crippen molar-refractivity contribution in [1.29, 1.82) is 0 Å². The molecule has 0 aliphatic carbocycles. The predicted octanol–water partition coefficient (Wildman–Crippen LogP) is 7.27. The fraction of sp³-hybridized carbons (Fsp3) is 0.257. The molecule has 10 heteroatoms. The molecule has 0 saturated heterocycles. The van der Waals surface area contributed by atoms with Gasteiger partial charge in [-0.15, -0.1) is 0 Å². The number of nitrogens with zero attached hydrogens (tertiary/aromatic N) is 2. The minimum absolute atomic E-state index is 0.0609. The second-order valence-corrected chi connectivity index (χ2v) is 15.6. The Bertz CT molecular complexity index is 1740. The molecule has 1 N–H and O–H groups in total. The highest BCUT2D eigenvalue weighted by Crippen LogP contribution is 2.28. The summed E-state index contributed by atoms with van der Waals surface area (Å²) in [5.41, 5.74) is 2.32. The van der Waals surface area contributed by atoms with Crippen molar-refractivity contribution in [3.05, 3.63) is 129 Å². The van der Waals surface area contributed by atoms with Gasteiger partial charge >= 0.3 is 0 Å². The van der Waals surface area contributed by atoms with E-state index in [0.29, 0.717) is 10.2 Å². The summed E-state index contributed by atoms with van der Waals surface area (Å²) >= 11 is 6.95. The average Bonchev–Trinajstić information content (AvgIpc) is 2.97. The molecule has 0 aliphatic heterocycles. The van der Waals surface area contributed by atoms with Gasteiger partial charge < -0.3 is 10.2 Å². The molecular weight excluding hydrogens is 718 g/mol.